The van der Waals surface area contributed by atoms with Gasteiger partial charge in [0.25, 0.3) is 10.0 Å². The molecule has 1 heterocycles. The average molecular weight is 315 g/mol. The SMILES string of the molecule is CC(NS(=O)(=O)c1c(N)ncn1C)c1ccccc1Cl. The minimum Gasteiger partial charge on any atom is -0.381 e. The predicted octanol–water partition coefficient (Wildman–Crippen LogP) is 1.70. The molecule has 6 nitrogen and oxygen atoms in total. The lowest BCUT2D eigenvalue weighted by Gasteiger charge is -2.16. The number of benzene rings is 1. The lowest BCUT2D eigenvalue weighted by Crippen LogP contribution is -2.29. The maximum absolute atomic E-state index is 12.3. The highest BCUT2D eigenvalue weighted by atomic mass is 35.5. The third-order valence-electron chi connectivity index (χ3n) is 2.87. The number of hydrogen-bond acceptors (Lipinski definition) is 4. The Kier molecular flexibility index (Phi) is 4.03. The Morgan fingerprint density at radius 2 is 2.05 bits per heavy atom. The van der Waals surface area contributed by atoms with E-state index in [0.29, 0.717) is 10.6 Å². The highest BCUT2D eigenvalue weighted by molar-refractivity contribution is 7.89. The first-order valence-electron chi connectivity index (χ1n) is 5.86. The quantitative estimate of drug-likeness (QED) is 0.898. The van der Waals surface area contributed by atoms with Crippen LogP contribution in [0.5, 0.6) is 0 Å². The minimum atomic E-state index is -3.78. The van der Waals surface area contributed by atoms with E-state index in [1.807, 2.05) is 0 Å². The first-order valence-corrected chi connectivity index (χ1v) is 7.72. The number of nitrogens with zero attached hydrogens (tertiary/aromatic N) is 2. The summed E-state index contributed by atoms with van der Waals surface area (Å²) in [5, 5.41) is 0.442. The molecule has 0 amide bonds. The van der Waals surface area contributed by atoms with Crippen molar-refractivity contribution in [3.8, 4) is 0 Å². The summed E-state index contributed by atoms with van der Waals surface area (Å²) in [6.07, 6.45) is 1.35. The van der Waals surface area contributed by atoms with Crippen LogP contribution in [0.3, 0.4) is 0 Å². The number of imidazole rings is 1. The van der Waals surface area contributed by atoms with E-state index in [-0.39, 0.29) is 10.8 Å². The molecule has 3 N–H and O–H groups in total. The average Bonchev–Trinajstić information content (AvgIpc) is 2.69. The van der Waals surface area contributed by atoms with Crippen molar-refractivity contribution in [1.29, 1.82) is 0 Å². The maximum Gasteiger partial charge on any atom is 0.260 e. The van der Waals surface area contributed by atoms with Gasteiger partial charge in [-0.15, -0.1) is 0 Å². The van der Waals surface area contributed by atoms with Gasteiger partial charge in [0.1, 0.15) is 0 Å². The number of hydrogen-bond donors (Lipinski definition) is 2. The minimum absolute atomic E-state index is 0.0358. The number of halogens is 1. The van der Waals surface area contributed by atoms with Gasteiger partial charge in [-0.05, 0) is 18.6 Å². The van der Waals surface area contributed by atoms with Crippen LogP contribution in [0.4, 0.5) is 5.82 Å². The van der Waals surface area contributed by atoms with Gasteiger partial charge in [-0.2, -0.15) is 0 Å². The Hall–Kier alpha value is -1.57. The lowest BCUT2D eigenvalue weighted by molar-refractivity contribution is 0.558. The maximum atomic E-state index is 12.3. The smallest absolute Gasteiger partial charge is 0.260 e. The molecular weight excluding hydrogens is 300 g/mol. The van der Waals surface area contributed by atoms with Crippen molar-refractivity contribution >= 4 is 27.4 Å². The molecule has 0 saturated carbocycles. The second-order valence-electron chi connectivity index (χ2n) is 4.41. The summed E-state index contributed by atoms with van der Waals surface area (Å²) >= 11 is 6.06. The van der Waals surface area contributed by atoms with Crippen LogP contribution < -0.4 is 10.5 Å². The topological polar surface area (TPSA) is 90.0 Å². The summed E-state index contributed by atoms with van der Waals surface area (Å²) in [4.78, 5) is 3.78. The van der Waals surface area contributed by atoms with Gasteiger partial charge in [0.05, 0.1) is 6.33 Å². The van der Waals surface area contributed by atoms with Gasteiger partial charge in [0.2, 0.25) is 0 Å². The summed E-state index contributed by atoms with van der Waals surface area (Å²) < 4.78 is 28.6. The van der Waals surface area contributed by atoms with Gasteiger partial charge in [0, 0.05) is 18.1 Å². The molecule has 1 aromatic heterocycles. The van der Waals surface area contributed by atoms with E-state index in [9.17, 15) is 8.42 Å². The van der Waals surface area contributed by atoms with Crippen molar-refractivity contribution in [2.45, 2.75) is 18.0 Å². The molecule has 0 radical (unpaired) electrons. The molecule has 0 aliphatic rings. The van der Waals surface area contributed by atoms with Crippen molar-refractivity contribution in [2.75, 3.05) is 5.73 Å². The highest BCUT2D eigenvalue weighted by Gasteiger charge is 2.25. The lowest BCUT2D eigenvalue weighted by atomic mass is 10.1. The molecule has 1 aromatic carbocycles. The van der Waals surface area contributed by atoms with Crippen LogP contribution in [-0.2, 0) is 17.1 Å². The first-order chi connectivity index (χ1) is 9.33. The van der Waals surface area contributed by atoms with Crippen LogP contribution in [0.1, 0.15) is 18.5 Å². The zero-order chi connectivity index (χ0) is 14.9. The van der Waals surface area contributed by atoms with E-state index >= 15 is 0 Å². The third-order valence-corrected chi connectivity index (χ3v) is 4.88. The van der Waals surface area contributed by atoms with Crippen molar-refractivity contribution < 1.29 is 8.42 Å². The zero-order valence-electron chi connectivity index (χ0n) is 11.0. The van der Waals surface area contributed by atoms with Crippen molar-refractivity contribution in [2.24, 2.45) is 7.05 Å². The number of sulfonamides is 1. The molecule has 8 heteroatoms. The van der Waals surface area contributed by atoms with Crippen LogP contribution in [0.2, 0.25) is 5.02 Å². The molecule has 2 aromatic rings. The monoisotopic (exact) mass is 314 g/mol. The number of nitrogens with one attached hydrogen (secondary N) is 1. The Bertz CT molecular complexity index is 707. The molecule has 2 rings (SSSR count). The van der Waals surface area contributed by atoms with E-state index in [0.717, 1.165) is 0 Å². The van der Waals surface area contributed by atoms with Crippen LogP contribution >= 0.6 is 11.6 Å². The van der Waals surface area contributed by atoms with Gasteiger partial charge in [-0.1, -0.05) is 29.8 Å². The highest BCUT2D eigenvalue weighted by Crippen LogP contribution is 2.24. The standard InChI is InChI=1S/C12H15ClN4O2S/c1-8(9-5-3-4-6-10(9)13)16-20(18,19)12-11(14)15-7-17(12)2/h3-8,16H,14H2,1-2H3. The molecule has 0 aliphatic heterocycles. The number of aromatic nitrogens is 2. The Balaban J connectivity index is 2.32. The first kappa shape index (κ1) is 14.8. The van der Waals surface area contributed by atoms with E-state index < -0.39 is 16.1 Å². The largest absolute Gasteiger partial charge is 0.381 e. The fourth-order valence-electron chi connectivity index (χ4n) is 1.94. The van der Waals surface area contributed by atoms with Gasteiger partial charge in [0.15, 0.2) is 10.8 Å². The van der Waals surface area contributed by atoms with E-state index in [2.05, 4.69) is 9.71 Å². The number of aryl methyl sites for hydroxylation is 1. The van der Waals surface area contributed by atoms with Crippen LogP contribution in [-0.4, -0.2) is 18.0 Å². The molecule has 20 heavy (non-hydrogen) atoms. The molecule has 1 unspecified atom stereocenters. The molecule has 108 valence electrons. The van der Waals surface area contributed by atoms with E-state index in [1.165, 1.54) is 10.9 Å². The third kappa shape index (κ3) is 2.79. The van der Waals surface area contributed by atoms with Crippen molar-refractivity contribution in [3.63, 3.8) is 0 Å². The molecular formula is C12H15ClN4O2S. The van der Waals surface area contributed by atoms with Gasteiger partial charge in [-0.3, -0.25) is 0 Å². The van der Waals surface area contributed by atoms with Crippen molar-refractivity contribution in [1.82, 2.24) is 14.3 Å². The Morgan fingerprint density at radius 3 is 2.60 bits per heavy atom. The van der Waals surface area contributed by atoms with Crippen LogP contribution in [0.25, 0.3) is 0 Å². The van der Waals surface area contributed by atoms with E-state index in [1.54, 1.807) is 38.2 Å². The molecule has 0 bridgehead atoms. The van der Waals surface area contributed by atoms with Crippen LogP contribution in [0.15, 0.2) is 35.6 Å². The molecule has 0 saturated heterocycles. The zero-order valence-corrected chi connectivity index (χ0v) is 12.6. The number of rotatable bonds is 4. The number of nitrogen functional groups attached to an aromatic ring is 1. The Morgan fingerprint density at radius 1 is 1.40 bits per heavy atom. The summed E-state index contributed by atoms with van der Waals surface area (Å²) in [5.41, 5.74) is 6.29. The summed E-state index contributed by atoms with van der Waals surface area (Å²) in [7, 11) is -2.21. The molecule has 0 spiro atoms. The Labute approximate surface area is 122 Å². The van der Waals surface area contributed by atoms with Crippen molar-refractivity contribution in [3.05, 3.63) is 41.2 Å². The fraction of sp³-hybridized carbons (Fsp3) is 0.250. The van der Waals surface area contributed by atoms with E-state index in [4.69, 9.17) is 17.3 Å². The van der Waals surface area contributed by atoms with Crippen LogP contribution in [0, 0.1) is 0 Å². The summed E-state index contributed by atoms with van der Waals surface area (Å²) in [5.74, 6) is -0.0358. The summed E-state index contributed by atoms with van der Waals surface area (Å²) in [6.45, 7) is 1.71. The second-order valence-corrected chi connectivity index (χ2v) is 6.45. The number of nitrogens with two attached hydrogens (primary N) is 1. The number of anilines is 1. The summed E-state index contributed by atoms with van der Waals surface area (Å²) in [6, 6.07) is 6.57. The molecule has 0 aliphatic carbocycles. The molecule has 0 fully saturated rings. The second kappa shape index (κ2) is 5.43. The molecule has 1 atom stereocenters. The normalized spacial score (nSPS) is 13.3. The van der Waals surface area contributed by atoms with Gasteiger partial charge >= 0.3 is 0 Å². The predicted molar refractivity (Wildman–Crippen MR) is 77.8 cm³/mol. The van der Waals surface area contributed by atoms with Gasteiger partial charge < -0.3 is 10.3 Å². The van der Waals surface area contributed by atoms with Gasteiger partial charge in [-0.25, -0.2) is 18.1 Å². The fourth-order valence-corrected chi connectivity index (χ4v) is 3.70.